The average Bonchev–Trinajstić information content (AvgIpc) is 2.97. The molecule has 5 nitrogen and oxygen atoms in total. The molecule has 138 valence electrons. The summed E-state index contributed by atoms with van der Waals surface area (Å²) in [7, 11) is 4.03. The molecular formula is C20H19ClFN5. The van der Waals surface area contributed by atoms with Gasteiger partial charge in [-0.2, -0.15) is 0 Å². The minimum atomic E-state index is -0.320. The zero-order valence-corrected chi connectivity index (χ0v) is 15.9. The number of fused-ring (bicyclic) bond motifs is 3. The Labute approximate surface area is 162 Å². The van der Waals surface area contributed by atoms with Crippen molar-refractivity contribution in [2.45, 2.75) is 13.0 Å². The Hall–Kier alpha value is -2.57. The van der Waals surface area contributed by atoms with Crippen LogP contribution in [0.25, 0.3) is 5.69 Å². The van der Waals surface area contributed by atoms with Crippen LogP contribution in [-0.2, 0) is 13.0 Å². The van der Waals surface area contributed by atoms with E-state index in [9.17, 15) is 4.39 Å². The van der Waals surface area contributed by atoms with E-state index in [1.807, 2.05) is 42.9 Å². The van der Waals surface area contributed by atoms with E-state index in [4.69, 9.17) is 16.6 Å². The van der Waals surface area contributed by atoms with Gasteiger partial charge in [-0.3, -0.25) is 9.56 Å². The van der Waals surface area contributed by atoms with E-state index in [0.717, 1.165) is 35.9 Å². The third kappa shape index (κ3) is 3.38. The van der Waals surface area contributed by atoms with Gasteiger partial charge in [-0.1, -0.05) is 29.8 Å². The van der Waals surface area contributed by atoms with Crippen LogP contribution in [-0.4, -0.2) is 46.0 Å². The van der Waals surface area contributed by atoms with Crippen molar-refractivity contribution in [1.82, 2.24) is 19.7 Å². The largest absolute Gasteiger partial charge is 0.309 e. The van der Waals surface area contributed by atoms with Crippen LogP contribution in [0.1, 0.15) is 22.8 Å². The van der Waals surface area contributed by atoms with Crippen LogP contribution in [0, 0.1) is 5.82 Å². The van der Waals surface area contributed by atoms with Crippen LogP contribution in [0.3, 0.4) is 0 Å². The lowest BCUT2D eigenvalue weighted by Gasteiger charge is -2.15. The Morgan fingerprint density at radius 2 is 1.93 bits per heavy atom. The molecule has 7 heteroatoms. The van der Waals surface area contributed by atoms with Crippen LogP contribution in [0.4, 0.5) is 4.39 Å². The van der Waals surface area contributed by atoms with Crippen LogP contribution in [0.5, 0.6) is 0 Å². The van der Waals surface area contributed by atoms with Gasteiger partial charge in [0.2, 0.25) is 0 Å². The smallest absolute Gasteiger partial charge is 0.159 e. The lowest BCUT2D eigenvalue weighted by molar-refractivity contribution is 0.408. The van der Waals surface area contributed by atoms with E-state index in [-0.39, 0.29) is 5.82 Å². The summed E-state index contributed by atoms with van der Waals surface area (Å²) in [6.07, 6.45) is 0.734. The fourth-order valence-electron chi connectivity index (χ4n) is 3.23. The number of halogens is 2. The fourth-order valence-corrected chi connectivity index (χ4v) is 3.46. The molecular weight excluding hydrogens is 365 g/mol. The van der Waals surface area contributed by atoms with Gasteiger partial charge in [0.25, 0.3) is 0 Å². The molecule has 2 heterocycles. The molecule has 2 aromatic carbocycles. The Morgan fingerprint density at radius 3 is 2.70 bits per heavy atom. The molecule has 0 radical (unpaired) electrons. The standard InChI is InChI=1S/C20H19ClFN5/c1-26(2)10-9-18-24-25-19-12-23-20(14-5-3-4-6-16(14)21)15-11-13(22)7-8-17(15)27(18)19/h3-8,11H,9-10,12H2,1-2H3. The van der Waals surface area contributed by atoms with Crippen molar-refractivity contribution >= 4 is 17.3 Å². The van der Waals surface area contributed by atoms with Crippen molar-refractivity contribution in [3.8, 4) is 5.69 Å². The molecule has 27 heavy (non-hydrogen) atoms. The van der Waals surface area contributed by atoms with E-state index < -0.39 is 0 Å². The first-order chi connectivity index (χ1) is 13.0. The van der Waals surface area contributed by atoms with Crippen LogP contribution < -0.4 is 0 Å². The Balaban J connectivity index is 1.89. The molecule has 0 atom stereocenters. The quantitative estimate of drug-likeness (QED) is 0.692. The Bertz CT molecular complexity index is 1020. The van der Waals surface area contributed by atoms with Gasteiger partial charge in [0, 0.05) is 29.1 Å². The van der Waals surface area contributed by atoms with E-state index in [0.29, 0.717) is 22.8 Å². The molecule has 0 amide bonds. The Morgan fingerprint density at radius 1 is 1.11 bits per heavy atom. The van der Waals surface area contributed by atoms with Crippen LogP contribution in [0.15, 0.2) is 47.5 Å². The molecule has 1 aliphatic rings. The number of hydrogen-bond donors (Lipinski definition) is 0. The highest BCUT2D eigenvalue weighted by molar-refractivity contribution is 6.35. The van der Waals surface area contributed by atoms with Crippen molar-refractivity contribution in [3.05, 3.63) is 76.1 Å². The molecule has 1 aromatic heterocycles. The first-order valence-corrected chi connectivity index (χ1v) is 9.10. The van der Waals surface area contributed by atoms with Crippen molar-refractivity contribution < 1.29 is 4.39 Å². The molecule has 0 unspecified atom stereocenters. The van der Waals surface area contributed by atoms with Gasteiger partial charge in [0.1, 0.15) is 18.2 Å². The summed E-state index contributed by atoms with van der Waals surface area (Å²) in [4.78, 5) is 6.81. The lowest BCUT2D eigenvalue weighted by atomic mass is 10.00. The van der Waals surface area contributed by atoms with E-state index in [1.165, 1.54) is 12.1 Å². The predicted octanol–water partition coefficient (Wildman–Crippen LogP) is 3.51. The SMILES string of the molecule is CN(C)CCc1nnc2n1-c1ccc(F)cc1C(c1ccccc1Cl)=NC2. The molecule has 3 aromatic rings. The summed E-state index contributed by atoms with van der Waals surface area (Å²) >= 11 is 6.40. The van der Waals surface area contributed by atoms with Gasteiger partial charge in [-0.15, -0.1) is 10.2 Å². The van der Waals surface area contributed by atoms with Crippen molar-refractivity contribution in [3.63, 3.8) is 0 Å². The van der Waals surface area contributed by atoms with Crippen molar-refractivity contribution in [1.29, 1.82) is 0 Å². The third-order valence-electron chi connectivity index (χ3n) is 4.54. The number of aromatic nitrogens is 3. The second-order valence-corrected chi connectivity index (χ2v) is 7.13. The molecule has 4 rings (SSSR count). The maximum Gasteiger partial charge on any atom is 0.159 e. The second-order valence-electron chi connectivity index (χ2n) is 6.73. The fraction of sp³-hybridized carbons (Fsp3) is 0.250. The highest BCUT2D eigenvalue weighted by Gasteiger charge is 2.24. The van der Waals surface area contributed by atoms with Crippen molar-refractivity contribution in [2.24, 2.45) is 4.99 Å². The maximum atomic E-state index is 14.1. The normalized spacial score (nSPS) is 13.1. The highest BCUT2D eigenvalue weighted by atomic mass is 35.5. The van der Waals surface area contributed by atoms with Gasteiger partial charge in [-0.25, -0.2) is 4.39 Å². The Kier molecular flexibility index (Phi) is 4.76. The molecule has 1 aliphatic heterocycles. The summed E-state index contributed by atoms with van der Waals surface area (Å²) in [5, 5.41) is 9.25. The molecule has 0 bridgehead atoms. The van der Waals surface area contributed by atoms with Gasteiger partial charge in [0.15, 0.2) is 5.82 Å². The minimum Gasteiger partial charge on any atom is -0.309 e. The summed E-state index contributed by atoms with van der Waals surface area (Å²) in [5.74, 6) is 1.25. The van der Waals surface area contributed by atoms with Gasteiger partial charge in [0.05, 0.1) is 11.4 Å². The summed E-state index contributed by atoms with van der Waals surface area (Å²) in [5.41, 5.74) is 2.95. The van der Waals surface area contributed by atoms with E-state index >= 15 is 0 Å². The second kappa shape index (κ2) is 7.21. The first kappa shape index (κ1) is 17.8. The lowest BCUT2D eigenvalue weighted by Crippen LogP contribution is -2.18. The molecule has 0 spiro atoms. The number of nitrogens with zero attached hydrogens (tertiary/aromatic N) is 5. The summed E-state index contributed by atoms with van der Waals surface area (Å²) in [6, 6.07) is 12.2. The van der Waals surface area contributed by atoms with E-state index in [1.54, 1.807) is 6.07 Å². The average molecular weight is 384 g/mol. The zero-order valence-electron chi connectivity index (χ0n) is 15.2. The highest BCUT2D eigenvalue weighted by Crippen LogP contribution is 2.29. The molecule has 0 fully saturated rings. The number of hydrogen-bond acceptors (Lipinski definition) is 4. The molecule has 0 saturated heterocycles. The molecule has 0 aliphatic carbocycles. The number of rotatable bonds is 4. The number of likely N-dealkylation sites (N-methyl/N-ethyl adjacent to an activating group) is 1. The van der Waals surface area contributed by atoms with E-state index in [2.05, 4.69) is 15.1 Å². The third-order valence-corrected chi connectivity index (χ3v) is 4.87. The first-order valence-electron chi connectivity index (χ1n) is 8.72. The van der Waals surface area contributed by atoms with Crippen molar-refractivity contribution in [2.75, 3.05) is 20.6 Å². The molecule has 0 N–H and O–H groups in total. The zero-order chi connectivity index (χ0) is 19.0. The topological polar surface area (TPSA) is 46.3 Å². The predicted molar refractivity (Wildman–Crippen MR) is 104 cm³/mol. The molecule has 0 saturated carbocycles. The minimum absolute atomic E-state index is 0.320. The summed E-state index contributed by atoms with van der Waals surface area (Å²) in [6.45, 7) is 1.19. The number of benzene rings is 2. The maximum absolute atomic E-state index is 14.1. The van der Waals surface area contributed by atoms with Crippen LogP contribution in [0.2, 0.25) is 5.02 Å². The van der Waals surface area contributed by atoms with Gasteiger partial charge < -0.3 is 4.90 Å². The monoisotopic (exact) mass is 383 g/mol. The van der Waals surface area contributed by atoms with Gasteiger partial charge >= 0.3 is 0 Å². The summed E-state index contributed by atoms with van der Waals surface area (Å²) < 4.78 is 16.1. The number of aliphatic imine (C=N–C) groups is 1. The van der Waals surface area contributed by atoms with Crippen LogP contribution >= 0.6 is 11.6 Å². The van der Waals surface area contributed by atoms with Gasteiger partial charge in [-0.05, 0) is 38.4 Å².